The van der Waals surface area contributed by atoms with Crippen LogP contribution < -0.4 is 0 Å². The molecule has 1 aliphatic rings. The SMILES string of the molecule is OC(CC1CCCCC1)c1cc2cccc(Cl)c2o1. The van der Waals surface area contributed by atoms with E-state index >= 15 is 0 Å². The molecule has 3 heteroatoms. The van der Waals surface area contributed by atoms with Gasteiger partial charge in [-0.1, -0.05) is 55.8 Å². The molecule has 1 N–H and O–H groups in total. The van der Waals surface area contributed by atoms with Crippen molar-refractivity contribution in [2.75, 3.05) is 0 Å². The van der Waals surface area contributed by atoms with Gasteiger partial charge in [0.25, 0.3) is 0 Å². The molecule has 0 bridgehead atoms. The number of furan rings is 1. The zero-order valence-corrected chi connectivity index (χ0v) is 11.7. The summed E-state index contributed by atoms with van der Waals surface area (Å²) in [7, 11) is 0. The van der Waals surface area contributed by atoms with E-state index in [2.05, 4.69) is 0 Å². The smallest absolute Gasteiger partial charge is 0.152 e. The predicted octanol–water partition coefficient (Wildman–Crippen LogP) is 5.09. The molecule has 2 aromatic rings. The highest BCUT2D eigenvalue weighted by Crippen LogP contribution is 2.35. The van der Waals surface area contributed by atoms with Gasteiger partial charge in [-0.25, -0.2) is 0 Å². The predicted molar refractivity (Wildman–Crippen MR) is 77.4 cm³/mol. The Morgan fingerprint density at radius 1 is 1.26 bits per heavy atom. The number of fused-ring (bicyclic) bond motifs is 1. The number of hydrogen-bond donors (Lipinski definition) is 1. The number of para-hydroxylation sites is 1. The average Bonchev–Trinajstić information content (AvgIpc) is 2.85. The standard InChI is InChI=1S/C16H19ClO2/c17-13-8-4-7-12-10-15(19-16(12)13)14(18)9-11-5-2-1-3-6-11/h4,7-8,10-11,14,18H,1-3,5-6,9H2. The summed E-state index contributed by atoms with van der Waals surface area (Å²) in [4.78, 5) is 0. The van der Waals surface area contributed by atoms with Crippen LogP contribution in [0.2, 0.25) is 5.02 Å². The van der Waals surface area contributed by atoms with Gasteiger partial charge in [-0.15, -0.1) is 0 Å². The van der Waals surface area contributed by atoms with Crippen molar-refractivity contribution >= 4 is 22.6 Å². The lowest BCUT2D eigenvalue weighted by Crippen LogP contribution is -2.10. The van der Waals surface area contributed by atoms with Crippen LogP contribution in [0.15, 0.2) is 28.7 Å². The molecule has 1 unspecified atom stereocenters. The molecule has 2 nitrogen and oxygen atoms in total. The minimum Gasteiger partial charge on any atom is -0.457 e. The van der Waals surface area contributed by atoms with E-state index < -0.39 is 6.10 Å². The third-order valence-electron chi connectivity index (χ3n) is 4.12. The van der Waals surface area contributed by atoms with E-state index in [0.29, 0.717) is 22.3 Å². The number of benzene rings is 1. The molecule has 1 aliphatic carbocycles. The molecule has 0 spiro atoms. The third-order valence-corrected chi connectivity index (χ3v) is 4.42. The summed E-state index contributed by atoms with van der Waals surface area (Å²) in [6, 6.07) is 7.58. The van der Waals surface area contributed by atoms with Crippen LogP contribution in [0.25, 0.3) is 11.0 Å². The molecule has 0 saturated heterocycles. The fraction of sp³-hybridized carbons (Fsp3) is 0.500. The lowest BCUT2D eigenvalue weighted by Gasteiger charge is -2.23. The van der Waals surface area contributed by atoms with Gasteiger partial charge in [0.1, 0.15) is 11.9 Å². The van der Waals surface area contributed by atoms with Crippen molar-refractivity contribution in [3.05, 3.63) is 35.0 Å². The Hall–Kier alpha value is -0.990. The van der Waals surface area contributed by atoms with Gasteiger partial charge >= 0.3 is 0 Å². The summed E-state index contributed by atoms with van der Waals surface area (Å²) in [5.41, 5.74) is 0.682. The Morgan fingerprint density at radius 3 is 2.79 bits per heavy atom. The van der Waals surface area contributed by atoms with E-state index in [1.54, 1.807) is 0 Å². The van der Waals surface area contributed by atoms with Crippen LogP contribution in [0, 0.1) is 5.92 Å². The highest BCUT2D eigenvalue weighted by Gasteiger charge is 2.21. The van der Waals surface area contributed by atoms with Gasteiger partial charge in [-0.2, -0.15) is 0 Å². The highest BCUT2D eigenvalue weighted by molar-refractivity contribution is 6.34. The van der Waals surface area contributed by atoms with E-state index in [1.807, 2.05) is 24.3 Å². The van der Waals surface area contributed by atoms with Crippen LogP contribution in [-0.2, 0) is 0 Å². The number of aliphatic hydroxyl groups is 1. The van der Waals surface area contributed by atoms with Gasteiger partial charge in [0.2, 0.25) is 0 Å². The van der Waals surface area contributed by atoms with E-state index in [0.717, 1.165) is 11.8 Å². The van der Waals surface area contributed by atoms with Crippen molar-refractivity contribution in [2.24, 2.45) is 5.92 Å². The molecule has 1 heterocycles. The van der Waals surface area contributed by atoms with Crippen LogP contribution in [-0.4, -0.2) is 5.11 Å². The third kappa shape index (κ3) is 2.80. The average molecular weight is 279 g/mol. The van der Waals surface area contributed by atoms with Gasteiger partial charge in [0.15, 0.2) is 5.58 Å². The Labute approximate surface area is 118 Å². The molecule has 0 aliphatic heterocycles. The first kappa shape index (κ1) is 13.0. The van der Waals surface area contributed by atoms with Gasteiger partial charge in [0, 0.05) is 5.39 Å². The quantitative estimate of drug-likeness (QED) is 0.848. The lowest BCUT2D eigenvalue weighted by molar-refractivity contribution is 0.111. The molecule has 0 radical (unpaired) electrons. The molecule has 1 atom stereocenters. The van der Waals surface area contributed by atoms with Crippen LogP contribution in [0.5, 0.6) is 0 Å². The molecule has 1 saturated carbocycles. The number of aliphatic hydroxyl groups excluding tert-OH is 1. The Kier molecular flexibility index (Phi) is 3.81. The second-order valence-electron chi connectivity index (χ2n) is 5.56. The van der Waals surface area contributed by atoms with Gasteiger partial charge in [-0.3, -0.25) is 0 Å². The van der Waals surface area contributed by atoms with E-state index in [4.69, 9.17) is 16.0 Å². The van der Waals surface area contributed by atoms with Crippen molar-refractivity contribution in [1.29, 1.82) is 0 Å². The van der Waals surface area contributed by atoms with Crippen molar-refractivity contribution in [1.82, 2.24) is 0 Å². The second kappa shape index (κ2) is 5.56. The summed E-state index contributed by atoms with van der Waals surface area (Å²) in [5, 5.41) is 11.9. The van der Waals surface area contributed by atoms with Crippen LogP contribution in [0.4, 0.5) is 0 Å². The maximum absolute atomic E-state index is 10.3. The van der Waals surface area contributed by atoms with Gasteiger partial charge in [0.05, 0.1) is 5.02 Å². The number of halogens is 1. The van der Waals surface area contributed by atoms with Gasteiger partial charge in [-0.05, 0) is 24.5 Å². The largest absolute Gasteiger partial charge is 0.457 e. The molecule has 1 aromatic carbocycles. The first-order chi connectivity index (χ1) is 9.24. The molecule has 1 aromatic heterocycles. The molecule has 19 heavy (non-hydrogen) atoms. The Bertz CT molecular complexity index is 555. The first-order valence-corrected chi connectivity index (χ1v) is 7.48. The van der Waals surface area contributed by atoms with Crippen LogP contribution in [0.1, 0.15) is 50.4 Å². The van der Waals surface area contributed by atoms with Gasteiger partial charge < -0.3 is 9.52 Å². The van der Waals surface area contributed by atoms with Crippen LogP contribution >= 0.6 is 11.6 Å². The Morgan fingerprint density at radius 2 is 2.05 bits per heavy atom. The summed E-state index contributed by atoms with van der Waals surface area (Å²) >= 11 is 6.09. The Balaban J connectivity index is 1.77. The topological polar surface area (TPSA) is 33.4 Å². The summed E-state index contributed by atoms with van der Waals surface area (Å²) < 4.78 is 5.72. The zero-order chi connectivity index (χ0) is 13.2. The molecule has 0 amide bonds. The number of rotatable bonds is 3. The van der Waals surface area contributed by atoms with E-state index in [1.165, 1.54) is 32.1 Å². The summed E-state index contributed by atoms with van der Waals surface area (Å²) in [6.45, 7) is 0. The summed E-state index contributed by atoms with van der Waals surface area (Å²) in [5.74, 6) is 1.28. The second-order valence-corrected chi connectivity index (χ2v) is 5.97. The monoisotopic (exact) mass is 278 g/mol. The zero-order valence-electron chi connectivity index (χ0n) is 10.9. The maximum Gasteiger partial charge on any atom is 0.152 e. The normalized spacial score (nSPS) is 18.8. The molecule has 1 fully saturated rings. The minimum atomic E-state index is -0.508. The molecular formula is C16H19ClO2. The van der Waals surface area contributed by atoms with Crippen molar-refractivity contribution in [3.8, 4) is 0 Å². The first-order valence-electron chi connectivity index (χ1n) is 7.10. The highest BCUT2D eigenvalue weighted by atomic mass is 35.5. The van der Waals surface area contributed by atoms with Crippen molar-refractivity contribution in [2.45, 2.75) is 44.6 Å². The maximum atomic E-state index is 10.3. The molecular weight excluding hydrogens is 260 g/mol. The van der Waals surface area contributed by atoms with Crippen LogP contribution in [0.3, 0.4) is 0 Å². The van der Waals surface area contributed by atoms with Crippen molar-refractivity contribution in [3.63, 3.8) is 0 Å². The van der Waals surface area contributed by atoms with E-state index in [9.17, 15) is 5.11 Å². The lowest BCUT2D eigenvalue weighted by atomic mass is 9.85. The molecule has 3 rings (SSSR count). The number of hydrogen-bond acceptors (Lipinski definition) is 2. The molecule has 102 valence electrons. The minimum absolute atomic E-state index is 0.508. The fourth-order valence-corrected chi connectivity index (χ4v) is 3.29. The summed E-state index contributed by atoms with van der Waals surface area (Å²) in [6.07, 6.45) is 6.69. The van der Waals surface area contributed by atoms with E-state index in [-0.39, 0.29) is 0 Å². The van der Waals surface area contributed by atoms with Crippen molar-refractivity contribution < 1.29 is 9.52 Å². The fourth-order valence-electron chi connectivity index (χ4n) is 3.07.